The van der Waals surface area contributed by atoms with Crippen LogP contribution in [0.5, 0.6) is 0 Å². The lowest BCUT2D eigenvalue weighted by Crippen LogP contribution is -2.38. The van der Waals surface area contributed by atoms with E-state index < -0.39 is 12.1 Å². The van der Waals surface area contributed by atoms with Crippen LogP contribution >= 0.6 is 0 Å². The summed E-state index contributed by atoms with van der Waals surface area (Å²) < 4.78 is 31.7. The average molecular weight is 318 g/mol. The van der Waals surface area contributed by atoms with Gasteiger partial charge in [0, 0.05) is 24.7 Å². The second kappa shape index (κ2) is 7.67. The van der Waals surface area contributed by atoms with Gasteiger partial charge in [-0.25, -0.2) is 4.79 Å². The van der Waals surface area contributed by atoms with Gasteiger partial charge in [-0.3, -0.25) is 4.79 Å². The van der Waals surface area contributed by atoms with Crippen molar-refractivity contribution in [2.75, 3.05) is 18.0 Å². The molecule has 1 saturated heterocycles. The number of nitrogens with zero attached hydrogens (tertiary/aromatic N) is 1. The van der Waals surface area contributed by atoms with E-state index in [4.69, 9.17) is 15.6 Å². The smallest absolute Gasteiger partial charge is 0.475 e. The van der Waals surface area contributed by atoms with Crippen molar-refractivity contribution in [1.82, 2.24) is 0 Å². The largest absolute Gasteiger partial charge is 0.490 e. The number of carboxylic acid groups (broad SMARTS) is 1. The van der Waals surface area contributed by atoms with Crippen LogP contribution in [-0.4, -0.2) is 36.2 Å². The maximum absolute atomic E-state index is 11.0. The Bertz CT molecular complexity index is 498. The van der Waals surface area contributed by atoms with Gasteiger partial charge < -0.3 is 15.7 Å². The van der Waals surface area contributed by atoms with Crippen molar-refractivity contribution in [3.05, 3.63) is 30.3 Å². The Morgan fingerprint density at radius 1 is 1.14 bits per heavy atom. The highest BCUT2D eigenvalue weighted by Gasteiger charge is 2.38. The fourth-order valence-corrected chi connectivity index (χ4v) is 2.06. The van der Waals surface area contributed by atoms with Gasteiger partial charge in [-0.2, -0.15) is 13.2 Å². The molecule has 0 aliphatic carbocycles. The van der Waals surface area contributed by atoms with Crippen molar-refractivity contribution in [3.8, 4) is 0 Å². The summed E-state index contributed by atoms with van der Waals surface area (Å²) in [6.07, 6.45) is -3.32. The second-order valence-corrected chi connectivity index (χ2v) is 4.80. The van der Waals surface area contributed by atoms with Gasteiger partial charge >= 0.3 is 12.1 Å². The minimum atomic E-state index is -5.08. The molecule has 5 nitrogen and oxygen atoms in total. The van der Waals surface area contributed by atoms with E-state index in [2.05, 4.69) is 17.0 Å². The predicted octanol–water partition coefficient (Wildman–Crippen LogP) is 2.02. The molecule has 8 heteroatoms. The molecule has 1 fully saturated rings. The van der Waals surface area contributed by atoms with E-state index in [1.165, 1.54) is 5.69 Å². The number of halogens is 3. The van der Waals surface area contributed by atoms with Gasteiger partial charge in [-0.1, -0.05) is 18.2 Å². The third-order valence-corrected chi connectivity index (χ3v) is 3.26. The first-order valence-corrected chi connectivity index (χ1v) is 6.61. The molecule has 0 saturated carbocycles. The van der Waals surface area contributed by atoms with Gasteiger partial charge in [0.2, 0.25) is 5.91 Å². The molecule has 122 valence electrons. The SMILES string of the molecule is NC(=O)C1CCN(c2ccccc2)CC1.O=C(O)C(F)(F)F. The predicted molar refractivity (Wildman–Crippen MR) is 74.3 cm³/mol. The van der Waals surface area contributed by atoms with Crippen molar-refractivity contribution < 1.29 is 27.9 Å². The fraction of sp³-hybridized carbons (Fsp3) is 0.429. The Kier molecular flexibility index (Phi) is 6.21. The van der Waals surface area contributed by atoms with E-state index in [1.54, 1.807) is 0 Å². The number of anilines is 1. The number of alkyl halides is 3. The van der Waals surface area contributed by atoms with Gasteiger partial charge in [0.1, 0.15) is 0 Å². The van der Waals surface area contributed by atoms with E-state index in [0.29, 0.717) is 0 Å². The zero-order valence-corrected chi connectivity index (χ0v) is 11.7. The molecule has 0 unspecified atom stereocenters. The highest BCUT2D eigenvalue weighted by Crippen LogP contribution is 2.22. The number of para-hydroxylation sites is 1. The molecular weight excluding hydrogens is 301 g/mol. The molecular formula is C14H17F3N2O3. The lowest BCUT2D eigenvalue weighted by molar-refractivity contribution is -0.192. The Hall–Kier alpha value is -2.25. The number of aliphatic carboxylic acids is 1. The number of amides is 1. The minimum absolute atomic E-state index is 0.0740. The monoisotopic (exact) mass is 318 g/mol. The Balaban J connectivity index is 0.000000295. The summed E-state index contributed by atoms with van der Waals surface area (Å²) in [6, 6.07) is 10.3. The van der Waals surface area contributed by atoms with Crippen LogP contribution in [0.2, 0.25) is 0 Å². The molecule has 3 N–H and O–H groups in total. The standard InChI is InChI=1S/C12H16N2O.C2HF3O2/c13-12(15)10-6-8-14(9-7-10)11-4-2-1-3-5-11;3-2(4,5)1(6)7/h1-5,10H,6-9H2,(H2,13,15);(H,6,7). The highest BCUT2D eigenvalue weighted by molar-refractivity contribution is 5.77. The molecule has 1 amide bonds. The van der Waals surface area contributed by atoms with Crippen molar-refractivity contribution >= 4 is 17.6 Å². The van der Waals surface area contributed by atoms with Crippen molar-refractivity contribution in [3.63, 3.8) is 0 Å². The number of carbonyl (C=O) groups excluding carboxylic acids is 1. The number of hydrogen-bond donors (Lipinski definition) is 2. The van der Waals surface area contributed by atoms with Crippen LogP contribution in [-0.2, 0) is 9.59 Å². The van der Waals surface area contributed by atoms with Gasteiger partial charge in [0.15, 0.2) is 0 Å². The summed E-state index contributed by atoms with van der Waals surface area (Å²) in [5.41, 5.74) is 6.53. The molecule has 0 aromatic heterocycles. The number of hydrogen-bond acceptors (Lipinski definition) is 3. The number of piperidine rings is 1. The number of carboxylic acids is 1. The lowest BCUT2D eigenvalue weighted by atomic mass is 9.96. The van der Waals surface area contributed by atoms with Crippen LogP contribution in [0.15, 0.2) is 30.3 Å². The maximum Gasteiger partial charge on any atom is 0.490 e. The minimum Gasteiger partial charge on any atom is -0.475 e. The number of benzene rings is 1. The molecule has 22 heavy (non-hydrogen) atoms. The average Bonchev–Trinajstić information content (AvgIpc) is 2.48. The molecule has 0 spiro atoms. The van der Waals surface area contributed by atoms with E-state index >= 15 is 0 Å². The van der Waals surface area contributed by atoms with Crippen LogP contribution in [0.3, 0.4) is 0 Å². The van der Waals surface area contributed by atoms with Crippen LogP contribution in [0, 0.1) is 5.92 Å². The van der Waals surface area contributed by atoms with Crippen LogP contribution in [0.25, 0.3) is 0 Å². The molecule has 2 rings (SSSR count). The third-order valence-electron chi connectivity index (χ3n) is 3.26. The van der Waals surface area contributed by atoms with Crippen LogP contribution in [0.1, 0.15) is 12.8 Å². The topological polar surface area (TPSA) is 83.6 Å². The first kappa shape index (κ1) is 17.8. The van der Waals surface area contributed by atoms with E-state index in [9.17, 15) is 18.0 Å². The lowest BCUT2D eigenvalue weighted by Gasteiger charge is -2.32. The zero-order chi connectivity index (χ0) is 16.8. The van der Waals surface area contributed by atoms with Gasteiger partial charge in [0.05, 0.1) is 0 Å². The number of nitrogens with two attached hydrogens (primary N) is 1. The summed E-state index contributed by atoms with van der Waals surface area (Å²) in [7, 11) is 0. The number of carbonyl (C=O) groups is 2. The normalized spacial score (nSPS) is 15.7. The van der Waals surface area contributed by atoms with E-state index in [-0.39, 0.29) is 11.8 Å². The van der Waals surface area contributed by atoms with E-state index in [0.717, 1.165) is 25.9 Å². The van der Waals surface area contributed by atoms with E-state index in [1.807, 2.05) is 18.2 Å². The summed E-state index contributed by atoms with van der Waals surface area (Å²) in [6.45, 7) is 1.86. The first-order chi connectivity index (χ1) is 10.2. The van der Waals surface area contributed by atoms with Crippen molar-refractivity contribution in [2.24, 2.45) is 11.7 Å². The summed E-state index contributed by atoms with van der Waals surface area (Å²) in [5, 5.41) is 7.12. The summed E-state index contributed by atoms with van der Waals surface area (Å²) in [4.78, 5) is 22.2. The molecule has 1 aliphatic rings. The highest BCUT2D eigenvalue weighted by atomic mass is 19.4. The fourth-order valence-electron chi connectivity index (χ4n) is 2.06. The third kappa shape index (κ3) is 5.63. The Morgan fingerprint density at radius 2 is 1.59 bits per heavy atom. The van der Waals surface area contributed by atoms with Crippen molar-refractivity contribution in [2.45, 2.75) is 19.0 Å². The van der Waals surface area contributed by atoms with Crippen molar-refractivity contribution in [1.29, 1.82) is 0 Å². The Morgan fingerprint density at radius 3 is 1.95 bits per heavy atom. The molecule has 1 heterocycles. The first-order valence-electron chi connectivity index (χ1n) is 6.61. The number of primary amides is 1. The maximum atomic E-state index is 11.0. The van der Waals surface area contributed by atoms with Gasteiger partial charge in [0.25, 0.3) is 0 Å². The Labute approximate surface area is 125 Å². The molecule has 0 atom stereocenters. The molecule has 1 aliphatic heterocycles. The molecule has 1 aromatic carbocycles. The van der Waals surface area contributed by atoms with Crippen LogP contribution in [0.4, 0.5) is 18.9 Å². The summed E-state index contributed by atoms with van der Waals surface area (Å²) >= 11 is 0. The second-order valence-electron chi connectivity index (χ2n) is 4.80. The molecule has 1 aromatic rings. The quantitative estimate of drug-likeness (QED) is 0.874. The molecule has 0 bridgehead atoms. The number of rotatable bonds is 2. The molecule has 0 radical (unpaired) electrons. The summed E-state index contributed by atoms with van der Waals surface area (Å²) in [5.74, 6) is -2.83. The van der Waals surface area contributed by atoms with Crippen LogP contribution < -0.4 is 10.6 Å². The van der Waals surface area contributed by atoms with Gasteiger partial charge in [-0.05, 0) is 25.0 Å². The van der Waals surface area contributed by atoms with Gasteiger partial charge in [-0.15, -0.1) is 0 Å². The zero-order valence-electron chi connectivity index (χ0n) is 11.7.